The second-order valence-corrected chi connectivity index (χ2v) is 5.93. The maximum Gasteiger partial charge on any atom is 0.175 e. The van der Waals surface area contributed by atoms with Crippen molar-refractivity contribution in [1.29, 1.82) is 0 Å². The van der Waals surface area contributed by atoms with E-state index in [1.54, 1.807) is 19.1 Å². The summed E-state index contributed by atoms with van der Waals surface area (Å²) in [5.74, 6) is 0.315. The molecule has 0 saturated heterocycles. The number of ether oxygens (including phenoxy) is 1. The molecule has 1 aromatic carbocycles. The first-order chi connectivity index (χ1) is 7.91. The minimum absolute atomic E-state index is 0.187. The van der Waals surface area contributed by atoms with Crippen LogP contribution in [0.2, 0.25) is 0 Å². The first-order valence-electron chi connectivity index (χ1n) is 5.22. The summed E-state index contributed by atoms with van der Waals surface area (Å²) in [6.45, 7) is 1.81. The van der Waals surface area contributed by atoms with Crippen molar-refractivity contribution >= 4 is 16.1 Å². The van der Waals surface area contributed by atoms with Gasteiger partial charge in [-0.25, -0.2) is 8.42 Å². The molecule has 1 unspecified atom stereocenters. The average molecular weight is 256 g/mol. The molecule has 0 aliphatic rings. The summed E-state index contributed by atoms with van der Waals surface area (Å²) in [5.41, 5.74) is 0.574. The molecule has 1 atom stereocenters. The van der Waals surface area contributed by atoms with Gasteiger partial charge in [0, 0.05) is 18.2 Å². The van der Waals surface area contributed by atoms with Gasteiger partial charge in [0.1, 0.15) is 12.0 Å². The maximum atomic E-state index is 11.7. The third-order valence-corrected chi connectivity index (χ3v) is 3.74. The first kappa shape index (κ1) is 13.7. The number of carbonyl (C=O) groups excluding carboxylic acids is 1. The van der Waals surface area contributed by atoms with Gasteiger partial charge in [-0.15, -0.1) is 0 Å². The zero-order chi connectivity index (χ0) is 13.1. The Kier molecular flexibility index (Phi) is 4.28. The standard InChI is InChI=1S/C12H16O4S/c1-9(7-8-13)12-10(16-2)5-4-6-11(12)17(3,14)15/h4-6,8-9H,7H2,1-3H3. The van der Waals surface area contributed by atoms with E-state index in [2.05, 4.69) is 0 Å². The van der Waals surface area contributed by atoms with Crippen LogP contribution in [0, 0.1) is 0 Å². The van der Waals surface area contributed by atoms with E-state index in [0.717, 1.165) is 12.5 Å². The van der Waals surface area contributed by atoms with Crippen LogP contribution >= 0.6 is 0 Å². The highest BCUT2D eigenvalue weighted by atomic mass is 32.2. The third-order valence-electron chi connectivity index (χ3n) is 2.59. The van der Waals surface area contributed by atoms with Crippen molar-refractivity contribution in [3.05, 3.63) is 23.8 Å². The monoisotopic (exact) mass is 256 g/mol. The molecule has 0 aliphatic heterocycles. The largest absolute Gasteiger partial charge is 0.496 e. The fourth-order valence-corrected chi connectivity index (χ4v) is 2.80. The molecule has 0 amide bonds. The van der Waals surface area contributed by atoms with Crippen LogP contribution in [0.15, 0.2) is 23.1 Å². The molecule has 0 fully saturated rings. The first-order valence-corrected chi connectivity index (χ1v) is 7.11. The summed E-state index contributed by atoms with van der Waals surface area (Å²) >= 11 is 0. The molecule has 0 N–H and O–H groups in total. The fraction of sp³-hybridized carbons (Fsp3) is 0.417. The summed E-state index contributed by atoms with van der Waals surface area (Å²) in [5, 5.41) is 0. The molecule has 17 heavy (non-hydrogen) atoms. The second kappa shape index (κ2) is 5.31. The van der Waals surface area contributed by atoms with Crippen LogP contribution in [0.4, 0.5) is 0 Å². The van der Waals surface area contributed by atoms with Gasteiger partial charge in [-0.05, 0) is 18.1 Å². The molecule has 0 spiro atoms. The number of hydrogen-bond acceptors (Lipinski definition) is 4. The van der Waals surface area contributed by atoms with Crippen molar-refractivity contribution in [1.82, 2.24) is 0 Å². The Morgan fingerprint density at radius 1 is 1.41 bits per heavy atom. The Labute approximate surface area is 102 Å². The predicted octanol–water partition coefficient (Wildman–Crippen LogP) is 1.79. The van der Waals surface area contributed by atoms with Crippen LogP contribution in [0.1, 0.15) is 24.8 Å². The molecule has 4 nitrogen and oxygen atoms in total. The molecule has 94 valence electrons. The summed E-state index contributed by atoms with van der Waals surface area (Å²) < 4.78 is 28.5. The number of aldehydes is 1. The molecule has 0 saturated carbocycles. The Bertz CT molecular complexity index is 505. The van der Waals surface area contributed by atoms with Crippen molar-refractivity contribution in [3.63, 3.8) is 0 Å². The highest BCUT2D eigenvalue weighted by Crippen LogP contribution is 2.33. The minimum atomic E-state index is -3.33. The number of methoxy groups -OCH3 is 1. The summed E-state index contributed by atoms with van der Waals surface area (Å²) in [6.07, 6.45) is 2.20. The highest BCUT2D eigenvalue weighted by molar-refractivity contribution is 7.90. The summed E-state index contributed by atoms with van der Waals surface area (Å²) in [7, 11) is -1.84. The normalized spacial score (nSPS) is 13.1. The predicted molar refractivity (Wildman–Crippen MR) is 65.2 cm³/mol. The molecule has 0 heterocycles. The van der Waals surface area contributed by atoms with Gasteiger partial charge in [0.25, 0.3) is 0 Å². The van der Waals surface area contributed by atoms with Crippen molar-refractivity contribution in [2.75, 3.05) is 13.4 Å². The highest BCUT2D eigenvalue weighted by Gasteiger charge is 2.21. The van der Waals surface area contributed by atoms with Crippen molar-refractivity contribution in [2.24, 2.45) is 0 Å². The van der Waals surface area contributed by atoms with Gasteiger partial charge in [0.05, 0.1) is 12.0 Å². The summed E-state index contributed by atoms with van der Waals surface area (Å²) in [6, 6.07) is 4.87. The second-order valence-electron chi connectivity index (χ2n) is 3.95. The molecular formula is C12H16O4S. The number of rotatable bonds is 5. The van der Waals surface area contributed by atoms with Crippen LogP contribution in [-0.4, -0.2) is 28.1 Å². The SMILES string of the molecule is COc1cccc(S(C)(=O)=O)c1C(C)CC=O. The molecule has 0 radical (unpaired) electrons. The van der Waals surface area contributed by atoms with Crippen LogP contribution in [0.3, 0.4) is 0 Å². The molecule has 0 bridgehead atoms. The van der Waals surface area contributed by atoms with E-state index in [1.807, 2.05) is 0 Å². The number of sulfone groups is 1. The lowest BCUT2D eigenvalue weighted by Crippen LogP contribution is -2.07. The number of benzene rings is 1. The van der Waals surface area contributed by atoms with Crippen LogP contribution in [-0.2, 0) is 14.6 Å². The van der Waals surface area contributed by atoms with Gasteiger partial charge in [0.15, 0.2) is 9.84 Å². The lowest BCUT2D eigenvalue weighted by molar-refractivity contribution is -0.108. The van der Waals surface area contributed by atoms with Gasteiger partial charge in [-0.1, -0.05) is 13.0 Å². The van der Waals surface area contributed by atoms with Crippen LogP contribution < -0.4 is 4.74 Å². The Balaban J connectivity index is 3.46. The van der Waals surface area contributed by atoms with E-state index in [-0.39, 0.29) is 17.2 Å². The number of carbonyl (C=O) groups is 1. The van der Waals surface area contributed by atoms with Crippen molar-refractivity contribution in [2.45, 2.75) is 24.2 Å². The summed E-state index contributed by atoms with van der Waals surface area (Å²) in [4.78, 5) is 10.8. The lowest BCUT2D eigenvalue weighted by atomic mass is 9.97. The quantitative estimate of drug-likeness (QED) is 0.754. The smallest absolute Gasteiger partial charge is 0.175 e. The minimum Gasteiger partial charge on any atom is -0.496 e. The van der Waals surface area contributed by atoms with Crippen LogP contribution in [0.25, 0.3) is 0 Å². The maximum absolute atomic E-state index is 11.7. The number of hydrogen-bond donors (Lipinski definition) is 0. The van der Waals surface area contributed by atoms with Crippen molar-refractivity contribution in [3.8, 4) is 5.75 Å². The van der Waals surface area contributed by atoms with Gasteiger partial charge in [-0.3, -0.25) is 0 Å². The van der Waals surface area contributed by atoms with Gasteiger partial charge < -0.3 is 9.53 Å². The van der Waals surface area contributed by atoms with E-state index in [9.17, 15) is 13.2 Å². The molecule has 0 aliphatic carbocycles. The Morgan fingerprint density at radius 3 is 2.53 bits per heavy atom. The molecule has 1 aromatic rings. The van der Waals surface area contributed by atoms with Gasteiger partial charge in [0.2, 0.25) is 0 Å². The lowest BCUT2D eigenvalue weighted by Gasteiger charge is -2.17. The van der Waals surface area contributed by atoms with E-state index in [0.29, 0.717) is 11.3 Å². The van der Waals surface area contributed by atoms with E-state index in [4.69, 9.17) is 4.74 Å². The Morgan fingerprint density at radius 2 is 2.06 bits per heavy atom. The van der Waals surface area contributed by atoms with Crippen LogP contribution in [0.5, 0.6) is 5.75 Å². The van der Waals surface area contributed by atoms with E-state index in [1.165, 1.54) is 13.2 Å². The van der Waals surface area contributed by atoms with Crippen molar-refractivity contribution < 1.29 is 17.9 Å². The molecular weight excluding hydrogens is 240 g/mol. The Hall–Kier alpha value is -1.36. The molecule has 0 aromatic heterocycles. The van der Waals surface area contributed by atoms with E-state index < -0.39 is 9.84 Å². The van der Waals surface area contributed by atoms with Gasteiger partial charge in [-0.2, -0.15) is 0 Å². The molecule has 5 heteroatoms. The zero-order valence-corrected chi connectivity index (χ0v) is 11.0. The van der Waals surface area contributed by atoms with E-state index >= 15 is 0 Å². The third kappa shape index (κ3) is 3.06. The fourth-order valence-electron chi connectivity index (χ4n) is 1.77. The topological polar surface area (TPSA) is 60.4 Å². The zero-order valence-electron chi connectivity index (χ0n) is 10.1. The molecule has 1 rings (SSSR count). The van der Waals surface area contributed by atoms with Gasteiger partial charge >= 0.3 is 0 Å². The average Bonchev–Trinajstić information content (AvgIpc) is 2.27.